The number of ether oxygens (including phenoxy) is 3. The van der Waals surface area contributed by atoms with Gasteiger partial charge in [0.1, 0.15) is 11.5 Å². The number of halogens is 2. The van der Waals surface area contributed by atoms with E-state index in [1.165, 1.54) is 20.3 Å². The van der Waals surface area contributed by atoms with Gasteiger partial charge in [0, 0.05) is 16.1 Å². The summed E-state index contributed by atoms with van der Waals surface area (Å²) >= 11 is 11.9. The Kier molecular flexibility index (Phi) is 6.67. The van der Waals surface area contributed by atoms with Gasteiger partial charge >= 0.3 is 5.97 Å². The summed E-state index contributed by atoms with van der Waals surface area (Å²) in [4.78, 5) is 24.1. The molecule has 132 valence electrons. The molecule has 0 aromatic heterocycles. The fourth-order valence-electron chi connectivity index (χ4n) is 2.16. The Labute approximate surface area is 155 Å². The number of hydrogen-bond donors (Lipinski definition) is 0. The number of benzene rings is 2. The van der Waals surface area contributed by atoms with Crippen molar-refractivity contribution in [3.63, 3.8) is 0 Å². The maximum absolute atomic E-state index is 12.1. The largest absolute Gasteiger partial charge is 0.496 e. The van der Waals surface area contributed by atoms with Crippen molar-refractivity contribution in [2.75, 3.05) is 20.8 Å². The third-order valence-corrected chi connectivity index (χ3v) is 3.95. The molecule has 2 aromatic carbocycles. The second-order valence-corrected chi connectivity index (χ2v) is 5.91. The summed E-state index contributed by atoms with van der Waals surface area (Å²) in [6, 6.07) is 9.54. The van der Waals surface area contributed by atoms with Crippen LogP contribution in [0.15, 0.2) is 36.4 Å². The molecule has 0 aliphatic carbocycles. The molecule has 7 heteroatoms. The van der Waals surface area contributed by atoms with Crippen molar-refractivity contribution in [3.05, 3.63) is 57.6 Å². The van der Waals surface area contributed by atoms with E-state index in [9.17, 15) is 9.59 Å². The van der Waals surface area contributed by atoms with Crippen molar-refractivity contribution in [1.29, 1.82) is 0 Å². The Bertz CT molecular complexity index is 789. The number of methoxy groups -OCH3 is 2. The monoisotopic (exact) mass is 382 g/mol. The Morgan fingerprint density at radius 1 is 0.960 bits per heavy atom. The van der Waals surface area contributed by atoms with E-state index in [0.29, 0.717) is 32.7 Å². The van der Waals surface area contributed by atoms with Crippen LogP contribution in [-0.4, -0.2) is 32.6 Å². The first-order chi connectivity index (χ1) is 11.9. The molecule has 0 bridgehead atoms. The van der Waals surface area contributed by atoms with Crippen molar-refractivity contribution >= 4 is 35.0 Å². The molecule has 2 rings (SSSR count). The molecule has 5 nitrogen and oxygen atoms in total. The first-order valence-electron chi connectivity index (χ1n) is 7.29. The molecule has 0 unspecified atom stereocenters. The molecule has 25 heavy (non-hydrogen) atoms. The molecule has 0 saturated carbocycles. The number of ketones is 1. The third-order valence-electron chi connectivity index (χ3n) is 3.42. The van der Waals surface area contributed by atoms with E-state index in [1.54, 1.807) is 30.3 Å². The van der Waals surface area contributed by atoms with E-state index in [2.05, 4.69) is 0 Å². The average molecular weight is 383 g/mol. The molecular formula is C18H16Cl2O5. The minimum absolute atomic E-state index is 0.0552. The zero-order valence-electron chi connectivity index (χ0n) is 13.7. The lowest BCUT2D eigenvalue weighted by molar-refractivity contribution is -0.141. The fraction of sp³-hybridized carbons (Fsp3) is 0.222. The first kappa shape index (κ1) is 19.1. The van der Waals surface area contributed by atoms with Gasteiger partial charge in [-0.2, -0.15) is 0 Å². The van der Waals surface area contributed by atoms with Crippen LogP contribution in [0.2, 0.25) is 10.0 Å². The SMILES string of the molecule is COc1ccc(C(=O)COC(=O)Cc2cc(Cl)ccc2OC)cc1Cl. The van der Waals surface area contributed by atoms with Gasteiger partial charge < -0.3 is 14.2 Å². The zero-order chi connectivity index (χ0) is 18.4. The summed E-state index contributed by atoms with van der Waals surface area (Å²) in [5, 5.41) is 0.788. The van der Waals surface area contributed by atoms with Crippen LogP contribution in [-0.2, 0) is 16.0 Å². The Morgan fingerprint density at radius 3 is 2.28 bits per heavy atom. The summed E-state index contributed by atoms with van der Waals surface area (Å²) in [6.45, 7) is -0.385. The third kappa shape index (κ3) is 5.11. The lowest BCUT2D eigenvalue weighted by Crippen LogP contribution is -2.16. The average Bonchev–Trinajstić information content (AvgIpc) is 2.59. The van der Waals surface area contributed by atoms with Gasteiger partial charge in [0.25, 0.3) is 0 Å². The topological polar surface area (TPSA) is 61.8 Å². The summed E-state index contributed by atoms with van der Waals surface area (Å²) in [6.07, 6.45) is -0.0552. The summed E-state index contributed by atoms with van der Waals surface area (Å²) in [5.41, 5.74) is 0.916. The number of carbonyl (C=O) groups excluding carboxylic acids is 2. The minimum atomic E-state index is -0.562. The van der Waals surface area contributed by atoms with Gasteiger partial charge in [-0.05, 0) is 36.4 Å². The maximum Gasteiger partial charge on any atom is 0.310 e. The molecule has 0 heterocycles. The van der Waals surface area contributed by atoms with Crippen LogP contribution in [0.3, 0.4) is 0 Å². The number of Topliss-reactive ketones (excluding diaryl/α,β-unsaturated/α-hetero) is 1. The van der Waals surface area contributed by atoms with Gasteiger partial charge in [0.2, 0.25) is 0 Å². The standard InChI is InChI=1S/C18H16Cl2O5/c1-23-16-6-4-13(19)7-12(16)9-18(22)25-10-15(21)11-3-5-17(24-2)14(20)8-11/h3-8H,9-10H2,1-2H3. The molecule has 0 aliphatic heterocycles. The minimum Gasteiger partial charge on any atom is -0.496 e. The highest BCUT2D eigenvalue weighted by Crippen LogP contribution is 2.25. The highest BCUT2D eigenvalue weighted by atomic mass is 35.5. The fourth-order valence-corrected chi connectivity index (χ4v) is 2.61. The van der Waals surface area contributed by atoms with Crippen molar-refractivity contribution in [1.82, 2.24) is 0 Å². The molecule has 0 saturated heterocycles. The van der Waals surface area contributed by atoms with E-state index < -0.39 is 5.97 Å². The molecule has 0 amide bonds. The highest BCUT2D eigenvalue weighted by molar-refractivity contribution is 6.32. The van der Waals surface area contributed by atoms with Gasteiger partial charge in [-0.3, -0.25) is 9.59 Å². The van der Waals surface area contributed by atoms with Crippen LogP contribution in [0.1, 0.15) is 15.9 Å². The van der Waals surface area contributed by atoms with Gasteiger partial charge in [0.15, 0.2) is 12.4 Å². The van der Waals surface area contributed by atoms with Crippen LogP contribution < -0.4 is 9.47 Å². The van der Waals surface area contributed by atoms with Crippen molar-refractivity contribution in [3.8, 4) is 11.5 Å². The number of esters is 1. The zero-order valence-corrected chi connectivity index (χ0v) is 15.2. The normalized spacial score (nSPS) is 10.2. The van der Waals surface area contributed by atoms with Gasteiger partial charge in [-0.15, -0.1) is 0 Å². The molecule has 0 N–H and O–H groups in total. The summed E-state index contributed by atoms with van der Waals surface area (Å²) in [5.74, 6) is 0.0577. The van der Waals surface area contributed by atoms with Crippen molar-refractivity contribution in [2.24, 2.45) is 0 Å². The Hall–Kier alpha value is -2.24. The van der Waals surface area contributed by atoms with Crippen LogP contribution in [0, 0.1) is 0 Å². The molecule has 0 atom stereocenters. The lowest BCUT2D eigenvalue weighted by Gasteiger charge is -2.09. The second kappa shape index (κ2) is 8.74. The van der Waals surface area contributed by atoms with E-state index >= 15 is 0 Å². The predicted octanol–water partition coefficient (Wildman–Crippen LogP) is 3.98. The number of rotatable bonds is 7. The van der Waals surface area contributed by atoms with Gasteiger partial charge in [0.05, 0.1) is 25.7 Å². The van der Waals surface area contributed by atoms with Crippen LogP contribution in [0.25, 0.3) is 0 Å². The quantitative estimate of drug-likeness (QED) is 0.535. The Morgan fingerprint density at radius 2 is 1.64 bits per heavy atom. The Balaban J connectivity index is 1.97. The smallest absolute Gasteiger partial charge is 0.310 e. The van der Waals surface area contributed by atoms with Gasteiger partial charge in [-0.1, -0.05) is 23.2 Å². The van der Waals surface area contributed by atoms with E-state index in [-0.39, 0.29) is 18.8 Å². The van der Waals surface area contributed by atoms with Crippen molar-refractivity contribution in [2.45, 2.75) is 6.42 Å². The molecule has 2 aromatic rings. The summed E-state index contributed by atoms with van der Waals surface area (Å²) in [7, 11) is 2.98. The van der Waals surface area contributed by atoms with E-state index in [4.69, 9.17) is 37.4 Å². The van der Waals surface area contributed by atoms with Crippen LogP contribution in [0.5, 0.6) is 11.5 Å². The number of carbonyl (C=O) groups is 2. The maximum atomic E-state index is 12.1. The highest BCUT2D eigenvalue weighted by Gasteiger charge is 2.14. The van der Waals surface area contributed by atoms with Gasteiger partial charge in [-0.25, -0.2) is 0 Å². The first-order valence-corrected chi connectivity index (χ1v) is 8.05. The molecule has 0 spiro atoms. The molecule has 0 fully saturated rings. The molecule has 0 aliphatic rings. The van der Waals surface area contributed by atoms with E-state index in [0.717, 1.165) is 0 Å². The van der Waals surface area contributed by atoms with Crippen LogP contribution >= 0.6 is 23.2 Å². The predicted molar refractivity (Wildman–Crippen MR) is 95.0 cm³/mol. The van der Waals surface area contributed by atoms with E-state index in [1.807, 2.05) is 0 Å². The number of hydrogen-bond acceptors (Lipinski definition) is 5. The van der Waals surface area contributed by atoms with Crippen molar-refractivity contribution < 1.29 is 23.8 Å². The lowest BCUT2D eigenvalue weighted by atomic mass is 10.1. The molecule has 0 radical (unpaired) electrons. The second-order valence-electron chi connectivity index (χ2n) is 5.07. The summed E-state index contributed by atoms with van der Waals surface area (Å²) < 4.78 is 15.2. The molecular weight excluding hydrogens is 367 g/mol. The van der Waals surface area contributed by atoms with Crippen LogP contribution in [0.4, 0.5) is 0 Å².